The van der Waals surface area contributed by atoms with Gasteiger partial charge in [0.25, 0.3) is 0 Å². The van der Waals surface area contributed by atoms with Crippen LogP contribution in [0.5, 0.6) is 0 Å². The summed E-state index contributed by atoms with van der Waals surface area (Å²) in [7, 11) is 1.62. The summed E-state index contributed by atoms with van der Waals surface area (Å²) in [4.78, 5) is 4.28. The number of aromatic nitrogens is 2. The monoisotopic (exact) mass is 227 g/mol. The fourth-order valence-electron chi connectivity index (χ4n) is 1.33. The van der Waals surface area contributed by atoms with Gasteiger partial charge < -0.3 is 15.0 Å². The number of hydrogen-bond acceptors (Lipinski definition) is 5. The average molecular weight is 227 g/mol. The minimum absolute atomic E-state index is 0.200. The van der Waals surface area contributed by atoms with Crippen molar-refractivity contribution in [2.24, 2.45) is 11.7 Å². The Morgan fingerprint density at radius 1 is 1.44 bits per heavy atom. The van der Waals surface area contributed by atoms with Crippen LogP contribution in [0.3, 0.4) is 0 Å². The van der Waals surface area contributed by atoms with E-state index in [0.717, 1.165) is 6.42 Å². The number of methoxy groups -OCH3 is 1. The second-order valence-corrected chi connectivity index (χ2v) is 4.91. The Morgan fingerprint density at radius 2 is 2.06 bits per heavy atom. The molecule has 1 heterocycles. The first-order valence-corrected chi connectivity index (χ1v) is 5.51. The van der Waals surface area contributed by atoms with Crippen LogP contribution in [-0.4, -0.2) is 17.3 Å². The molecular weight excluding hydrogens is 206 g/mol. The summed E-state index contributed by atoms with van der Waals surface area (Å²) in [5, 5.41) is 3.90. The van der Waals surface area contributed by atoms with Crippen LogP contribution in [0.2, 0.25) is 0 Å². The zero-order chi connectivity index (χ0) is 12.3. The largest absolute Gasteiger partial charge is 0.371 e. The van der Waals surface area contributed by atoms with E-state index in [1.165, 1.54) is 0 Å². The highest BCUT2D eigenvalue weighted by Crippen LogP contribution is 2.23. The van der Waals surface area contributed by atoms with Crippen LogP contribution < -0.4 is 5.73 Å². The Balaban J connectivity index is 2.79. The van der Waals surface area contributed by atoms with Gasteiger partial charge in [-0.05, 0) is 26.2 Å². The molecule has 0 aliphatic carbocycles. The van der Waals surface area contributed by atoms with Gasteiger partial charge in [0.2, 0.25) is 11.7 Å². The fourth-order valence-corrected chi connectivity index (χ4v) is 1.33. The standard InChI is InChI=1S/C11H21N3O2/c1-7(2)6-8(12)9-13-10(14-16-9)11(3,4)15-5/h7-8H,6,12H2,1-5H3/t8-/m0/s1. The van der Waals surface area contributed by atoms with E-state index in [9.17, 15) is 0 Å². The number of nitrogens with zero attached hydrogens (tertiary/aromatic N) is 2. The second kappa shape index (κ2) is 4.93. The highest BCUT2D eigenvalue weighted by atomic mass is 16.5. The van der Waals surface area contributed by atoms with Gasteiger partial charge in [0.1, 0.15) is 5.60 Å². The minimum Gasteiger partial charge on any atom is -0.371 e. The fraction of sp³-hybridized carbons (Fsp3) is 0.818. The van der Waals surface area contributed by atoms with Crippen molar-refractivity contribution in [1.82, 2.24) is 10.1 Å². The number of ether oxygens (including phenoxy) is 1. The molecule has 0 aliphatic rings. The van der Waals surface area contributed by atoms with Crippen LogP contribution in [0.1, 0.15) is 51.9 Å². The molecule has 0 amide bonds. The third-order valence-electron chi connectivity index (χ3n) is 2.53. The molecule has 1 aromatic heterocycles. The van der Waals surface area contributed by atoms with Crippen LogP contribution >= 0.6 is 0 Å². The third-order valence-corrected chi connectivity index (χ3v) is 2.53. The first kappa shape index (κ1) is 13.1. The summed E-state index contributed by atoms with van der Waals surface area (Å²) in [6, 6.07) is -0.200. The van der Waals surface area contributed by atoms with Crippen LogP contribution in [0.15, 0.2) is 4.52 Å². The van der Waals surface area contributed by atoms with Gasteiger partial charge >= 0.3 is 0 Å². The SMILES string of the molecule is COC(C)(C)c1noc([C@@H](N)CC(C)C)n1. The smallest absolute Gasteiger partial charge is 0.243 e. The highest BCUT2D eigenvalue weighted by molar-refractivity contribution is 4.99. The van der Waals surface area contributed by atoms with Crippen molar-refractivity contribution in [3.8, 4) is 0 Å². The lowest BCUT2D eigenvalue weighted by atomic mass is 10.0. The van der Waals surface area contributed by atoms with Crippen molar-refractivity contribution in [3.63, 3.8) is 0 Å². The number of nitrogens with two attached hydrogens (primary N) is 1. The maximum absolute atomic E-state index is 5.96. The van der Waals surface area contributed by atoms with Crippen molar-refractivity contribution in [1.29, 1.82) is 0 Å². The molecule has 92 valence electrons. The Bertz CT molecular complexity index is 334. The molecule has 2 N–H and O–H groups in total. The van der Waals surface area contributed by atoms with E-state index < -0.39 is 5.60 Å². The highest BCUT2D eigenvalue weighted by Gasteiger charge is 2.27. The molecule has 0 fully saturated rings. The van der Waals surface area contributed by atoms with Gasteiger partial charge in [0.05, 0.1) is 6.04 Å². The first-order valence-electron chi connectivity index (χ1n) is 5.51. The molecule has 0 saturated carbocycles. The van der Waals surface area contributed by atoms with Crippen molar-refractivity contribution >= 4 is 0 Å². The van der Waals surface area contributed by atoms with Gasteiger partial charge in [-0.1, -0.05) is 19.0 Å². The molecule has 1 atom stereocenters. The predicted octanol–water partition coefficient (Wildman–Crippen LogP) is 2.00. The number of rotatable bonds is 5. The van der Waals surface area contributed by atoms with Crippen LogP contribution in [0, 0.1) is 5.92 Å². The lowest BCUT2D eigenvalue weighted by molar-refractivity contribution is 0.00973. The van der Waals surface area contributed by atoms with Gasteiger partial charge in [0, 0.05) is 7.11 Å². The van der Waals surface area contributed by atoms with Crippen molar-refractivity contribution < 1.29 is 9.26 Å². The lowest BCUT2D eigenvalue weighted by Crippen LogP contribution is -2.21. The average Bonchev–Trinajstić information content (AvgIpc) is 2.66. The molecule has 0 spiro atoms. The van der Waals surface area contributed by atoms with Gasteiger partial charge in [0.15, 0.2) is 0 Å². The molecule has 0 unspecified atom stereocenters. The molecule has 1 aromatic rings. The van der Waals surface area contributed by atoms with E-state index in [4.69, 9.17) is 15.0 Å². The Morgan fingerprint density at radius 3 is 2.56 bits per heavy atom. The first-order chi connectivity index (χ1) is 7.36. The van der Waals surface area contributed by atoms with E-state index in [2.05, 4.69) is 24.0 Å². The molecule has 0 bridgehead atoms. The second-order valence-electron chi connectivity index (χ2n) is 4.91. The lowest BCUT2D eigenvalue weighted by Gasteiger charge is -2.17. The molecule has 0 aliphatic heterocycles. The predicted molar refractivity (Wildman–Crippen MR) is 60.7 cm³/mol. The molecule has 5 nitrogen and oxygen atoms in total. The van der Waals surface area contributed by atoms with Gasteiger partial charge in [-0.25, -0.2) is 0 Å². The maximum Gasteiger partial charge on any atom is 0.243 e. The van der Waals surface area contributed by atoms with E-state index in [-0.39, 0.29) is 6.04 Å². The Hall–Kier alpha value is -0.940. The van der Waals surface area contributed by atoms with E-state index in [1.807, 2.05) is 13.8 Å². The van der Waals surface area contributed by atoms with Gasteiger partial charge in [-0.15, -0.1) is 0 Å². The zero-order valence-corrected chi connectivity index (χ0v) is 10.7. The van der Waals surface area contributed by atoms with Crippen LogP contribution in [-0.2, 0) is 10.3 Å². The molecule has 1 rings (SSSR count). The molecule has 5 heteroatoms. The molecule has 0 radical (unpaired) electrons. The summed E-state index contributed by atoms with van der Waals surface area (Å²) in [6.45, 7) is 7.98. The van der Waals surface area contributed by atoms with Crippen molar-refractivity contribution in [2.45, 2.75) is 45.8 Å². The summed E-state index contributed by atoms with van der Waals surface area (Å²) in [6.07, 6.45) is 0.828. The zero-order valence-electron chi connectivity index (χ0n) is 10.7. The summed E-state index contributed by atoms with van der Waals surface area (Å²) >= 11 is 0. The third kappa shape index (κ3) is 3.02. The number of hydrogen-bond donors (Lipinski definition) is 1. The van der Waals surface area contributed by atoms with Gasteiger partial charge in [-0.3, -0.25) is 0 Å². The minimum atomic E-state index is -0.542. The molecule has 0 saturated heterocycles. The van der Waals surface area contributed by atoms with E-state index in [1.54, 1.807) is 7.11 Å². The van der Waals surface area contributed by atoms with Crippen LogP contribution in [0.4, 0.5) is 0 Å². The normalized spacial score (nSPS) is 14.4. The van der Waals surface area contributed by atoms with Crippen molar-refractivity contribution in [2.75, 3.05) is 7.11 Å². The van der Waals surface area contributed by atoms with Gasteiger partial charge in [-0.2, -0.15) is 4.98 Å². The maximum atomic E-state index is 5.96. The topological polar surface area (TPSA) is 74.2 Å². The quantitative estimate of drug-likeness (QED) is 0.832. The van der Waals surface area contributed by atoms with Crippen LogP contribution in [0.25, 0.3) is 0 Å². The van der Waals surface area contributed by atoms with E-state index in [0.29, 0.717) is 17.6 Å². The summed E-state index contributed by atoms with van der Waals surface area (Å²) in [5.41, 5.74) is 5.41. The Labute approximate surface area is 96.4 Å². The van der Waals surface area contributed by atoms with E-state index >= 15 is 0 Å². The molecule has 16 heavy (non-hydrogen) atoms. The Kier molecular flexibility index (Phi) is 4.04. The summed E-state index contributed by atoms with van der Waals surface area (Å²) < 4.78 is 10.4. The van der Waals surface area contributed by atoms with Crippen molar-refractivity contribution in [3.05, 3.63) is 11.7 Å². The molecular formula is C11H21N3O2. The molecule has 0 aromatic carbocycles. The summed E-state index contributed by atoms with van der Waals surface area (Å²) in [5.74, 6) is 1.51.